The summed E-state index contributed by atoms with van der Waals surface area (Å²) in [7, 11) is 3.18. The number of nitro groups is 1. The fraction of sp³-hybridized carbons (Fsp3) is 0.345. The van der Waals surface area contributed by atoms with E-state index in [1.54, 1.807) is 20.3 Å². The van der Waals surface area contributed by atoms with Gasteiger partial charge in [0.05, 0.1) is 35.9 Å². The van der Waals surface area contributed by atoms with E-state index in [0.717, 1.165) is 42.5 Å². The molecular weight excluding hydrogens is 468 g/mol. The first-order valence-electron chi connectivity index (χ1n) is 12.6. The molecule has 0 fully saturated rings. The first-order chi connectivity index (χ1) is 18.0. The van der Waals surface area contributed by atoms with Gasteiger partial charge in [-0.3, -0.25) is 10.1 Å². The fourth-order valence-electron chi connectivity index (χ4n) is 4.78. The van der Waals surface area contributed by atoms with Crippen molar-refractivity contribution in [3.05, 3.63) is 76.3 Å². The molecule has 0 aliphatic carbocycles. The second-order valence-corrected chi connectivity index (χ2v) is 8.97. The highest BCUT2D eigenvalue weighted by Gasteiger charge is 2.19. The molecule has 1 heterocycles. The molecular formula is C29H34N4O4. The van der Waals surface area contributed by atoms with Crippen molar-refractivity contribution in [2.75, 3.05) is 45.7 Å². The molecule has 4 rings (SSSR count). The number of non-ortho nitro benzene ring substituents is 1. The number of nitro benzene ring substituents is 1. The molecule has 3 aromatic carbocycles. The molecule has 0 radical (unpaired) electrons. The molecule has 1 aromatic heterocycles. The second-order valence-electron chi connectivity index (χ2n) is 8.97. The zero-order valence-electron chi connectivity index (χ0n) is 21.9. The van der Waals surface area contributed by atoms with Crippen molar-refractivity contribution in [2.24, 2.45) is 0 Å². The van der Waals surface area contributed by atoms with Crippen LogP contribution in [0.15, 0.2) is 60.7 Å². The zero-order chi connectivity index (χ0) is 26.4. The topological polar surface area (TPSA) is 89.8 Å². The highest BCUT2D eigenvalue weighted by Crippen LogP contribution is 2.39. The number of fused-ring (bicyclic) bond motifs is 2. The number of rotatable bonds is 12. The van der Waals surface area contributed by atoms with Crippen LogP contribution in [0.3, 0.4) is 0 Å². The summed E-state index contributed by atoms with van der Waals surface area (Å²) in [5.74, 6) is 1.43. The minimum absolute atomic E-state index is 0.00663. The van der Waals surface area contributed by atoms with Crippen LogP contribution < -0.4 is 14.8 Å². The molecule has 0 aliphatic rings. The van der Waals surface area contributed by atoms with Crippen LogP contribution >= 0.6 is 0 Å². The maximum Gasteiger partial charge on any atom is 0.271 e. The molecule has 37 heavy (non-hydrogen) atoms. The molecule has 8 nitrogen and oxygen atoms in total. The zero-order valence-corrected chi connectivity index (χ0v) is 21.9. The van der Waals surface area contributed by atoms with Gasteiger partial charge < -0.3 is 19.7 Å². The summed E-state index contributed by atoms with van der Waals surface area (Å²) in [4.78, 5) is 18.2. The Balaban J connectivity index is 1.79. The normalized spacial score (nSPS) is 12.1. The highest BCUT2D eigenvalue weighted by atomic mass is 16.6. The van der Waals surface area contributed by atoms with Crippen molar-refractivity contribution in [3.8, 4) is 11.5 Å². The third-order valence-corrected chi connectivity index (χ3v) is 6.96. The highest BCUT2D eigenvalue weighted by molar-refractivity contribution is 6.08. The van der Waals surface area contributed by atoms with E-state index in [4.69, 9.17) is 14.5 Å². The van der Waals surface area contributed by atoms with Gasteiger partial charge in [-0.05, 0) is 43.8 Å². The molecule has 8 heteroatoms. The molecule has 4 aromatic rings. The van der Waals surface area contributed by atoms with Gasteiger partial charge in [0.15, 0.2) is 11.5 Å². The van der Waals surface area contributed by atoms with Crippen LogP contribution in [0, 0.1) is 10.1 Å². The molecule has 194 valence electrons. The Morgan fingerprint density at radius 2 is 1.62 bits per heavy atom. The average Bonchev–Trinajstić information content (AvgIpc) is 2.93. The van der Waals surface area contributed by atoms with Crippen LogP contribution in [0.1, 0.15) is 31.7 Å². The minimum atomic E-state index is -0.397. The Labute approximate surface area is 217 Å². The quantitative estimate of drug-likeness (QED) is 0.139. The van der Waals surface area contributed by atoms with E-state index in [1.165, 1.54) is 17.7 Å². The first-order valence-corrected chi connectivity index (χ1v) is 12.6. The van der Waals surface area contributed by atoms with Gasteiger partial charge >= 0.3 is 0 Å². The number of nitrogens with zero attached hydrogens (tertiary/aromatic N) is 3. The number of hydrogen-bond acceptors (Lipinski definition) is 7. The lowest BCUT2D eigenvalue weighted by atomic mass is 9.95. The third kappa shape index (κ3) is 5.75. The van der Waals surface area contributed by atoms with E-state index in [0.29, 0.717) is 29.1 Å². The summed E-state index contributed by atoms with van der Waals surface area (Å²) in [5, 5.41) is 16.8. The predicted octanol–water partition coefficient (Wildman–Crippen LogP) is 6.24. The number of aromatic nitrogens is 1. The van der Waals surface area contributed by atoms with Gasteiger partial charge in [-0.25, -0.2) is 4.98 Å². The monoisotopic (exact) mass is 502 g/mol. The lowest BCUT2D eigenvalue weighted by Crippen LogP contribution is -2.26. The van der Waals surface area contributed by atoms with Crippen LogP contribution in [0.25, 0.3) is 21.8 Å². The van der Waals surface area contributed by atoms with Crippen molar-refractivity contribution >= 4 is 33.2 Å². The average molecular weight is 503 g/mol. The molecule has 0 amide bonds. The molecule has 0 spiro atoms. The van der Waals surface area contributed by atoms with Gasteiger partial charge in [0.2, 0.25) is 0 Å². The molecule has 0 bridgehead atoms. The smallest absolute Gasteiger partial charge is 0.271 e. The Morgan fingerprint density at radius 3 is 2.27 bits per heavy atom. The number of ether oxygens (including phenoxy) is 2. The molecule has 0 aliphatic heterocycles. The lowest BCUT2D eigenvalue weighted by Gasteiger charge is -2.24. The Hall–Kier alpha value is -3.91. The Kier molecular flexibility index (Phi) is 8.40. The van der Waals surface area contributed by atoms with Crippen LogP contribution in [0.5, 0.6) is 11.5 Å². The van der Waals surface area contributed by atoms with Crippen LogP contribution in [0.4, 0.5) is 11.4 Å². The van der Waals surface area contributed by atoms with E-state index in [2.05, 4.69) is 48.3 Å². The van der Waals surface area contributed by atoms with Crippen molar-refractivity contribution in [2.45, 2.75) is 26.2 Å². The first kappa shape index (κ1) is 26.2. The van der Waals surface area contributed by atoms with Crippen molar-refractivity contribution in [1.29, 1.82) is 0 Å². The molecule has 1 N–H and O–H groups in total. The van der Waals surface area contributed by atoms with Gasteiger partial charge in [-0.15, -0.1) is 0 Å². The summed E-state index contributed by atoms with van der Waals surface area (Å²) >= 11 is 0. The number of pyridine rings is 1. The Morgan fingerprint density at radius 1 is 0.946 bits per heavy atom. The van der Waals surface area contributed by atoms with E-state index < -0.39 is 4.92 Å². The lowest BCUT2D eigenvalue weighted by molar-refractivity contribution is -0.384. The third-order valence-electron chi connectivity index (χ3n) is 6.96. The van der Waals surface area contributed by atoms with Crippen molar-refractivity contribution < 1.29 is 14.4 Å². The van der Waals surface area contributed by atoms with Gasteiger partial charge in [-0.1, -0.05) is 44.2 Å². The largest absolute Gasteiger partial charge is 0.493 e. The maximum absolute atomic E-state index is 11.4. The molecule has 0 saturated carbocycles. The Bertz CT molecular complexity index is 1370. The predicted molar refractivity (Wildman–Crippen MR) is 149 cm³/mol. The molecule has 0 saturated heterocycles. The van der Waals surface area contributed by atoms with Gasteiger partial charge in [0.1, 0.15) is 0 Å². The number of nitrogens with one attached hydrogen (secondary N) is 1. The van der Waals surface area contributed by atoms with Gasteiger partial charge in [-0.2, -0.15) is 0 Å². The van der Waals surface area contributed by atoms with E-state index in [1.807, 2.05) is 18.2 Å². The van der Waals surface area contributed by atoms with Crippen molar-refractivity contribution in [1.82, 2.24) is 9.88 Å². The van der Waals surface area contributed by atoms with E-state index in [-0.39, 0.29) is 11.6 Å². The summed E-state index contributed by atoms with van der Waals surface area (Å²) in [6, 6.07) is 19.1. The van der Waals surface area contributed by atoms with E-state index >= 15 is 0 Å². The van der Waals surface area contributed by atoms with Crippen LogP contribution in [-0.4, -0.2) is 55.2 Å². The van der Waals surface area contributed by atoms with Crippen LogP contribution in [-0.2, 0) is 0 Å². The minimum Gasteiger partial charge on any atom is -0.493 e. The standard InChI is InChI=1S/C29H34N4O4/c1-5-32(6-2)15-14-21(20-10-8-7-9-11-20)19-30-29-23-13-12-22(33(34)35)16-25(23)31-26-18-28(37-4)27(36-3)17-24(26)29/h7-13,16-18,21H,5-6,14-15,19H2,1-4H3,(H,30,31)/t21-/m0/s1. The number of hydrogen-bond donors (Lipinski definition) is 1. The fourth-order valence-corrected chi connectivity index (χ4v) is 4.78. The van der Waals surface area contributed by atoms with Gasteiger partial charge in [0, 0.05) is 41.4 Å². The summed E-state index contributed by atoms with van der Waals surface area (Å²) in [5.41, 5.74) is 3.38. The summed E-state index contributed by atoms with van der Waals surface area (Å²) in [6.07, 6.45) is 1.00. The SMILES string of the molecule is CCN(CC)CC[C@@H](CNc1c2ccc([N+](=O)[O-])cc2nc2cc(OC)c(OC)cc12)c1ccccc1. The molecule has 0 unspecified atom stereocenters. The number of benzene rings is 3. The summed E-state index contributed by atoms with van der Waals surface area (Å²) in [6.45, 7) is 8.12. The maximum atomic E-state index is 11.4. The van der Waals surface area contributed by atoms with Crippen LogP contribution in [0.2, 0.25) is 0 Å². The van der Waals surface area contributed by atoms with E-state index in [9.17, 15) is 10.1 Å². The summed E-state index contributed by atoms with van der Waals surface area (Å²) < 4.78 is 11.1. The number of anilines is 1. The number of methoxy groups -OCH3 is 2. The molecule has 1 atom stereocenters. The second kappa shape index (κ2) is 11.9. The van der Waals surface area contributed by atoms with Gasteiger partial charge in [0.25, 0.3) is 5.69 Å². The van der Waals surface area contributed by atoms with Crippen molar-refractivity contribution in [3.63, 3.8) is 0 Å².